The molecule has 0 aliphatic carbocycles. The lowest BCUT2D eigenvalue weighted by Crippen LogP contribution is -2.28. The molecule has 0 amide bonds. The Hall–Kier alpha value is -2.69. The highest BCUT2D eigenvalue weighted by molar-refractivity contribution is 5.93. The van der Waals surface area contributed by atoms with Crippen LogP contribution in [0.5, 0.6) is 11.5 Å². The summed E-state index contributed by atoms with van der Waals surface area (Å²) in [6.45, 7) is 6.10. The smallest absolute Gasteiger partial charge is 0.341 e. The molecule has 0 saturated heterocycles. The molecule has 3 rings (SSSR count). The number of esters is 1. The van der Waals surface area contributed by atoms with Crippen molar-refractivity contribution in [1.29, 1.82) is 0 Å². The third kappa shape index (κ3) is 5.16. The molecule has 0 N–H and O–H groups in total. The van der Waals surface area contributed by atoms with Crippen molar-refractivity contribution in [2.45, 2.75) is 52.1 Å². The van der Waals surface area contributed by atoms with E-state index in [4.69, 9.17) is 14.3 Å². The summed E-state index contributed by atoms with van der Waals surface area (Å²) in [6, 6.07) is 10.7. The lowest BCUT2D eigenvalue weighted by atomic mass is 9.95. The summed E-state index contributed by atoms with van der Waals surface area (Å²) < 4.78 is 25.8. The molecule has 2 aromatic carbocycles. The van der Waals surface area contributed by atoms with E-state index in [1.807, 2.05) is 25.8 Å². The van der Waals surface area contributed by atoms with Crippen LogP contribution < -0.4 is 4.74 Å². The molecule has 5 heteroatoms. The van der Waals surface area contributed by atoms with Crippen molar-refractivity contribution in [2.24, 2.45) is 0 Å². The van der Waals surface area contributed by atoms with E-state index in [0.717, 1.165) is 31.2 Å². The van der Waals surface area contributed by atoms with Crippen molar-refractivity contribution in [3.8, 4) is 11.5 Å². The van der Waals surface area contributed by atoms with Crippen LogP contribution in [0.1, 0.15) is 54.1 Å². The van der Waals surface area contributed by atoms with Gasteiger partial charge in [0.15, 0.2) is 11.6 Å². The first-order valence-corrected chi connectivity index (χ1v) is 9.14. The first-order valence-electron chi connectivity index (χ1n) is 9.14. The van der Waals surface area contributed by atoms with Crippen molar-refractivity contribution in [3.05, 3.63) is 58.9 Å². The van der Waals surface area contributed by atoms with Crippen LogP contribution in [0.4, 0.5) is 4.39 Å². The van der Waals surface area contributed by atoms with Gasteiger partial charge < -0.3 is 14.3 Å². The summed E-state index contributed by atoms with van der Waals surface area (Å²) >= 11 is 0. The van der Waals surface area contributed by atoms with Crippen LogP contribution in [0.3, 0.4) is 0 Å². The second-order valence-electron chi connectivity index (χ2n) is 6.55. The minimum absolute atomic E-state index is 0.0105. The molecule has 1 aliphatic rings. The van der Waals surface area contributed by atoms with E-state index in [1.165, 1.54) is 0 Å². The van der Waals surface area contributed by atoms with Gasteiger partial charge in [-0.3, -0.25) is 0 Å². The molecule has 1 atom stereocenters. The molecule has 1 aliphatic heterocycles. The fourth-order valence-corrected chi connectivity index (χ4v) is 3.08. The molecule has 0 saturated carbocycles. The van der Waals surface area contributed by atoms with Gasteiger partial charge in [0, 0.05) is 6.42 Å². The molecular weight excluding hydrogens is 347 g/mol. The second kappa shape index (κ2) is 9.86. The van der Waals surface area contributed by atoms with E-state index in [2.05, 4.69) is 6.92 Å². The fraction of sp³-hybridized carbons (Fsp3) is 0.364. The van der Waals surface area contributed by atoms with E-state index in [0.29, 0.717) is 17.7 Å². The van der Waals surface area contributed by atoms with Crippen LogP contribution in [0.15, 0.2) is 36.4 Å². The number of hydrogen-bond donors (Lipinski definition) is 0. The molecule has 0 radical (unpaired) electrons. The van der Waals surface area contributed by atoms with Crippen LogP contribution in [0, 0.1) is 12.7 Å². The summed E-state index contributed by atoms with van der Waals surface area (Å²) in [5.74, 6) is -0.653. The molecule has 144 valence electrons. The molecule has 1 heterocycles. The van der Waals surface area contributed by atoms with Crippen molar-refractivity contribution in [3.63, 3.8) is 0 Å². The highest BCUT2D eigenvalue weighted by atomic mass is 19.1. The van der Waals surface area contributed by atoms with Crippen molar-refractivity contribution in [1.82, 2.24) is 0 Å². The Morgan fingerprint density at radius 1 is 1.15 bits per heavy atom. The van der Waals surface area contributed by atoms with Gasteiger partial charge in [0.05, 0.1) is 0 Å². The maximum absolute atomic E-state index is 14.8. The van der Waals surface area contributed by atoms with Gasteiger partial charge in [-0.1, -0.05) is 43.5 Å². The minimum atomic E-state index is -0.643. The summed E-state index contributed by atoms with van der Waals surface area (Å²) in [7, 11) is 0. The summed E-state index contributed by atoms with van der Waals surface area (Å²) in [6.07, 6.45) is 4.47. The number of carbonyl (C=O) groups is 2. The number of benzene rings is 2. The van der Waals surface area contributed by atoms with Crippen LogP contribution >= 0.6 is 0 Å². The zero-order chi connectivity index (χ0) is 19.8. The number of cyclic esters (lactones) is 1. The number of aryl methyl sites for hydroxylation is 1. The Morgan fingerprint density at radius 3 is 2.52 bits per heavy atom. The SMILES string of the molecule is C=O.CCCCCC1Cc2ccc(Oc3ccc(C)cc3)c(F)c2C(=O)O1. The summed E-state index contributed by atoms with van der Waals surface area (Å²) in [5, 5.41) is 0. The minimum Gasteiger partial charge on any atom is -0.458 e. The molecule has 4 nitrogen and oxygen atoms in total. The highest BCUT2D eigenvalue weighted by Gasteiger charge is 2.30. The molecule has 2 aromatic rings. The van der Waals surface area contributed by atoms with Crippen molar-refractivity contribution < 1.29 is 23.5 Å². The van der Waals surface area contributed by atoms with Crippen LogP contribution in [-0.2, 0) is 16.0 Å². The number of fused-ring (bicyclic) bond motifs is 1. The molecule has 0 bridgehead atoms. The van der Waals surface area contributed by atoms with Gasteiger partial charge in [-0.15, -0.1) is 0 Å². The van der Waals surface area contributed by atoms with E-state index >= 15 is 0 Å². The first-order chi connectivity index (χ1) is 13.1. The predicted octanol–water partition coefficient (Wildman–Crippen LogP) is 5.40. The Balaban J connectivity index is 0.00000126. The van der Waals surface area contributed by atoms with Gasteiger partial charge in [0.25, 0.3) is 0 Å². The Morgan fingerprint density at radius 2 is 1.85 bits per heavy atom. The topological polar surface area (TPSA) is 52.6 Å². The number of carbonyl (C=O) groups excluding carboxylic acids is 2. The van der Waals surface area contributed by atoms with Crippen LogP contribution in [0.2, 0.25) is 0 Å². The average molecular weight is 372 g/mol. The van der Waals surface area contributed by atoms with Gasteiger partial charge in [-0.05, 0) is 43.5 Å². The predicted molar refractivity (Wildman–Crippen MR) is 102 cm³/mol. The quantitative estimate of drug-likeness (QED) is 0.503. The Labute approximate surface area is 159 Å². The van der Waals surface area contributed by atoms with Crippen LogP contribution in [0.25, 0.3) is 0 Å². The van der Waals surface area contributed by atoms with E-state index < -0.39 is 11.8 Å². The lowest BCUT2D eigenvalue weighted by molar-refractivity contribution is -0.0980. The van der Waals surface area contributed by atoms with Gasteiger partial charge >= 0.3 is 5.97 Å². The molecule has 27 heavy (non-hydrogen) atoms. The van der Waals surface area contributed by atoms with E-state index in [9.17, 15) is 9.18 Å². The normalized spacial score (nSPS) is 15.2. The van der Waals surface area contributed by atoms with Crippen LogP contribution in [-0.4, -0.2) is 18.9 Å². The van der Waals surface area contributed by atoms with Crippen molar-refractivity contribution in [2.75, 3.05) is 0 Å². The van der Waals surface area contributed by atoms with Gasteiger partial charge in [-0.2, -0.15) is 0 Å². The molecule has 0 fully saturated rings. The van der Waals surface area contributed by atoms with Gasteiger partial charge in [-0.25, -0.2) is 9.18 Å². The molecule has 1 unspecified atom stereocenters. The number of ether oxygens (including phenoxy) is 2. The maximum atomic E-state index is 14.8. The molecule has 0 spiro atoms. The largest absolute Gasteiger partial charge is 0.458 e. The van der Waals surface area contributed by atoms with Gasteiger partial charge in [0.1, 0.15) is 24.2 Å². The highest BCUT2D eigenvalue weighted by Crippen LogP contribution is 2.33. The molecular formula is C22H25FO4. The third-order valence-corrected chi connectivity index (χ3v) is 4.50. The zero-order valence-electron chi connectivity index (χ0n) is 15.8. The standard InChI is InChI=1S/C21H23FO3.CH2O/c1-3-4-5-6-17-13-15-9-12-18(20(22)19(15)21(23)25-17)24-16-10-7-14(2)8-11-16;1-2/h7-12,17H,3-6,13H2,1-2H3;1H2. The summed E-state index contributed by atoms with van der Waals surface area (Å²) in [5.41, 5.74) is 1.80. The first kappa shape index (κ1) is 20.6. The fourth-order valence-electron chi connectivity index (χ4n) is 3.08. The monoisotopic (exact) mass is 372 g/mol. The maximum Gasteiger partial charge on any atom is 0.341 e. The zero-order valence-corrected chi connectivity index (χ0v) is 15.8. The number of rotatable bonds is 6. The van der Waals surface area contributed by atoms with Crippen molar-refractivity contribution >= 4 is 12.8 Å². The van der Waals surface area contributed by atoms with Gasteiger partial charge in [0.2, 0.25) is 0 Å². The average Bonchev–Trinajstić information content (AvgIpc) is 2.67. The molecule has 0 aromatic heterocycles. The number of unbranched alkanes of at least 4 members (excludes halogenated alkanes) is 2. The van der Waals surface area contributed by atoms with E-state index in [1.54, 1.807) is 24.3 Å². The number of halogens is 1. The Bertz CT molecular complexity index is 771. The third-order valence-electron chi connectivity index (χ3n) is 4.50. The second-order valence-corrected chi connectivity index (χ2v) is 6.55. The summed E-state index contributed by atoms with van der Waals surface area (Å²) in [4.78, 5) is 20.3. The number of hydrogen-bond acceptors (Lipinski definition) is 4. The Kier molecular flexibility index (Phi) is 7.53. The lowest BCUT2D eigenvalue weighted by Gasteiger charge is -2.25. The van der Waals surface area contributed by atoms with E-state index in [-0.39, 0.29) is 17.4 Å².